The van der Waals surface area contributed by atoms with E-state index in [0.717, 1.165) is 18.7 Å². The number of carbonyl (C=O) groups excluding carboxylic acids is 1. The monoisotopic (exact) mass is 424 g/mol. The second-order valence-electron chi connectivity index (χ2n) is 5.59. The highest BCUT2D eigenvalue weighted by Crippen LogP contribution is 2.36. The molecule has 1 fully saturated rings. The molecule has 1 heterocycles. The number of hydrogen-bond donors (Lipinski definition) is 2. The number of quaternary nitrogens is 1. The minimum absolute atomic E-state index is 0.128. The topological polar surface area (TPSA) is 73.6 Å². The molecule has 0 aliphatic carbocycles. The van der Waals surface area contributed by atoms with Gasteiger partial charge in [0.25, 0.3) is 5.91 Å². The summed E-state index contributed by atoms with van der Waals surface area (Å²) in [6.07, 6.45) is 6.80. The van der Waals surface area contributed by atoms with Crippen LogP contribution in [-0.4, -0.2) is 58.2 Å². The van der Waals surface area contributed by atoms with Crippen molar-refractivity contribution >= 4 is 28.1 Å². The average molecular weight is 425 g/mol. The van der Waals surface area contributed by atoms with E-state index in [1.807, 2.05) is 13.0 Å². The van der Waals surface area contributed by atoms with E-state index in [1.165, 1.54) is 4.90 Å². The third-order valence-corrected chi connectivity index (χ3v) is 4.23. The summed E-state index contributed by atoms with van der Waals surface area (Å²) < 4.78 is 17.1. The number of ether oxygens (including phenoxy) is 3. The third-order valence-electron chi connectivity index (χ3n) is 3.64. The van der Waals surface area contributed by atoms with E-state index in [0.29, 0.717) is 42.3 Å². The Bertz CT molecular complexity index is 682. The van der Waals surface area contributed by atoms with Gasteiger partial charge in [-0.05, 0) is 40.5 Å². The van der Waals surface area contributed by atoms with Gasteiger partial charge in [-0.25, -0.2) is 5.43 Å². The summed E-state index contributed by atoms with van der Waals surface area (Å²) in [4.78, 5) is 13.1. The Morgan fingerprint density at radius 3 is 2.92 bits per heavy atom. The van der Waals surface area contributed by atoms with Crippen molar-refractivity contribution in [3.8, 4) is 23.8 Å². The minimum atomic E-state index is -0.128. The molecule has 1 saturated heterocycles. The summed E-state index contributed by atoms with van der Waals surface area (Å²) in [5, 5.41) is 4.02. The van der Waals surface area contributed by atoms with Crippen LogP contribution in [0.4, 0.5) is 0 Å². The molecule has 1 aromatic rings. The Balaban J connectivity index is 1.97. The second kappa shape index (κ2) is 10.8. The van der Waals surface area contributed by atoms with Crippen LogP contribution in [0.5, 0.6) is 11.5 Å². The van der Waals surface area contributed by atoms with Gasteiger partial charge in [0.15, 0.2) is 18.0 Å². The molecule has 0 aromatic heterocycles. The van der Waals surface area contributed by atoms with Crippen LogP contribution in [0.15, 0.2) is 21.7 Å². The number of amides is 1. The molecule has 0 unspecified atom stereocenters. The zero-order valence-corrected chi connectivity index (χ0v) is 16.3. The van der Waals surface area contributed by atoms with Gasteiger partial charge in [0.05, 0.1) is 30.5 Å². The van der Waals surface area contributed by atoms with Gasteiger partial charge < -0.3 is 19.1 Å². The molecular formula is C18H23BrN3O4+. The van der Waals surface area contributed by atoms with Gasteiger partial charge in [-0.1, -0.05) is 5.92 Å². The number of carbonyl (C=O) groups is 1. The van der Waals surface area contributed by atoms with Crippen molar-refractivity contribution in [2.45, 2.75) is 6.92 Å². The van der Waals surface area contributed by atoms with E-state index in [-0.39, 0.29) is 12.5 Å². The number of halogens is 1. The van der Waals surface area contributed by atoms with E-state index in [9.17, 15) is 4.79 Å². The number of benzene rings is 1. The first kappa shape index (κ1) is 20.2. The molecule has 1 amide bonds. The zero-order valence-electron chi connectivity index (χ0n) is 14.7. The fourth-order valence-electron chi connectivity index (χ4n) is 2.46. The van der Waals surface area contributed by atoms with E-state index < -0.39 is 0 Å². The summed E-state index contributed by atoms with van der Waals surface area (Å²) in [5.41, 5.74) is 3.31. The van der Waals surface area contributed by atoms with Crippen LogP contribution < -0.4 is 19.8 Å². The largest absolute Gasteiger partial charge is 0.490 e. The molecule has 140 valence electrons. The second-order valence-corrected chi connectivity index (χ2v) is 6.44. The number of terminal acetylenes is 1. The molecule has 2 N–H and O–H groups in total. The highest BCUT2D eigenvalue weighted by Gasteiger charge is 2.17. The number of nitrogens with one attached hydrogen (secondary N) is 2. The molecule has 0 saturated carbocycles. The summed E-state index contributed by atoms with van der Waals surface area (Å²) >= 11 is 3.45. The predicted molar refractivity (Wildman–Crippen MR) is 102 cm³/mol. The van der Waals surface area contributed by atoms with Gasteiger partial charge in [0, 0.05) is 0 Å². The number of nitrogens with zero attached hydrogens (tertiary/aromatic N) is 1. The minimum Gasteiger partial charge on any atom is -0.490 e. The van der Waals surface area contributed by atoms with Crippen LogP contribution in [0.3, 0.4) is 0 Å². The number of hydrogen-bond acceptors (Lipinski definition) is 5. The van der Waals surface area contributed by atoms with Crippen molar-refractivity contribution in [3.05, 3.63) is 22.2 Å². The maximum atomic E-state index is 12.0. The van der Waals surface area contributed by atoms with E-state index in [1.54, 1.807) is 12.3 Å². The van der Waals surface area contributed by atoms with E-state index in [4.69, 9.17) is 20.6 Å². The molecule has 0 spiro atoms. The Morgan fingerprint density at radius 1 is 1.46 bits per heavy atom. The van der Waals surface area contributed by atoms with Crippen LogP contribution >= 0.6 is 15.9 Å². The Morgan fingerprint density at radius 2 is 2.23 bits per heavy atom. The predicted octanol–water partition coefficient (Wildman–Crippen LogP) is 0.225. The quantitative estimate of drug-likeness (QED) is 0.355. The molecular weight excluding hydrogens is 402 g/mol. The third kappa shape index (κ3) is 6.33. The SMILES string of the molecule is C#CCOc1c(Br)cc(C=NNC(=O)C[NH+]2CCOCC2)cc1OCC. The normalized spacial score (nSPS) is 14.8. The first-order valence-electron chi connectivity index (χ1n) is 8.39. The fourth-order valence-corrected chi connectivity index (χ4v) is 3.04. The van der Waals surface area contributed by atoms with Crippen molar-refractivity contribution in [2.24, 2.45) is 5.10 Å². The fraction of sp³-hybridized carbons (Fsp3) is 0.444. The van der Waals surface area contributed by atoms with Crippen LogP contribution in [0.25, 0.3) is 0 Å². The van der Waals surface area contributed by atoms with Gasteiger partial charge >= 0.3 is 0 Å². The average Bonchev–Trinajstić information content (AvgIpc) is 2.62. The number of rotatable bonds is 8. The summed E-state index contributed by atoms with van der Waals surface area (Å²) in [5.74, 6) is 3.40. The van der Waals surface area contributed by atoms with Crippen LogP contribution in [-0.2, 0) is 9.53 Å². The van der Waals surface area contributed by atoms with Gasteiger partial charge in [-0.2, -0.15) is 5.10 Å². The first-order valence-corrected chi connectivity index (χ1v) is 9.19. The molecule has 1 aliphatic rings. The first-order chi connectivity index (χ1) is 12.6. The van der Waals surface area contributed by atoms with Crippen molar-refractivity contribution in [1.82, 2.24) is 5.43 Å². The Kier molecular flexibility index (Phi) is 8.41. The smallest absolute Gasteiger partial charge is 0.295 e. The van der Waals surface area contributed by atoms with Crippen molar-refractivity contribution in [3.63, 3.8) is 0 Å². The maximum absolute atomic E-state index is 12.0. The Hall–Kier alpha value is -2.08. The lowest BCUT2D eigenvalue weighted by Crippen LogP contribution is -3.15. The van der Waals surface area contributed by atoms with Crippen molar-refractivity contribution in [1.29, 1.82) is 0 Å². The molecule has 0 radical (unpaired) electrons. The standard InChI is InChI=1S/C18H22BrN3O4/c1-3-7-26-18-15(19)10-14(11-16(18)25-4-2)12-20-21-17(23)13-22-5-8-24-9-6-22/h1,10-12H,4-9,13H2,2H3,(H,21,23)/p+1. The lowest BCUT2D eigenvalue weighted by molar-refractivity contribution is -0.900. The maximum Gasteiger partial charge on any atom is 0.295 e. The van der Waals surface area contributed by atoms with Crippen molar-refractivity contribution in [2.75, 3.05) is 46.1 Å². The van der Waals surface area contributed by atoms with Crippen LogP contribution in [0.2, 0.25) is 0 Å². The van der Waals surface area contributed by atoms with Gasteiger partial charge in [0.1, 0.15) is 19.7 Å². The molecule has 7 nitrogen and oxygen atoms in total. The molecule has 26 heavy (non-hydrogen) atoms. The highest BCUT2D eigenvalue weighted by atomic mass is 79.9. The molecule has 1 aromatic carbocycles. The Labute approximate surface area is 161 Å². The van der Waals surface area contributed by atoms with Crippen molar-refractivity contribution < 1.29 is 23.9 Å². The highest BCUT2D eigenvalue weighted by molar-refractivity contribution is 9.10. The molecule has 0 atom stereocenters. The number of morpholine rings is 1. The summed E-state index contributed by atoms with van der Waals surface area (Å²) in [7, 11) is 0. The van der Waals surface area contributed by atoms with E-state index >= 15 is 0 Å². The molecule has 8 heteroatoms. The molecule has 2 rings (SSSR count). The summed E-state index contributed by atoms with van der Waals surface area (Å²) in [6, 6.07) is 3.60. The molecule has 0 bridgehead atoms. The molecule has 1 aliphatic heterocycles. The van der Waals surface area contributed by atoms with Gasteiger partial charge in [-0.3, -0.25) is 4.79 Å². The van der Waals surface area contributed by atoms with Crippen LogP contribution in [0.1, 0.15) is 12.5 Å². The number of hydrazone groups is 1. The zero-order chi connectivity index (χ0) is 18.8. The lowest BCUT2D eigenvalue weighted by atomic mass is 10.2. The van der Waals surface area contributed by atoms with Gasteiger partial charge in [-0.15, -0.1) is 6.42 Å². The lowest BCUT2D eigenvalue weighted by Gasteiger charge is -2.22. The van der Waals surface area contributed by atoms with E-state index in [2.05, 4.69) is 32.4 Å². The summed E-state index contributed by atoms with van der Waals surface area (Å²) in [6.45, 7) is 5.94. The van der Waals surface area contributed by atoms with Gasteiger partial charge in [0.2, 0.25) is 0 Å². The van der Waals surface area contributed by atoms with Crippen LogP contribution in [0, 0.1) is 12.3 Å².